The number of aliphatic hydroxyl groups excluding tert-OH is 1. The van der Waals surface area contributed by atoms with Crippen molar-refractivity contribution < 1.29 is 18.7 Å². The van der Waals surface area contributed by atoms with E-state index >= 15 is 0 Å². The summed E-state index contributed by atoms with van der Waals surface area (Å²) in [7, 11) is 1.73. The predicted octanol–water partition coefficient (Wildman–Crippen LogP) is 3.18. The monoisotopic (exact) mass is 464 g/mol. The van der Waals surface area contributed by atoms with Crippen LogP contribution in [0.4, 0.5) is 14.6 Å². The Morgan fingerprint density at radius 1 is 1.15 bits per heavy atom. The maximum Gasteiger partial charge on any atom is 0.254 e. The third-order valence-electron chi connectivity index (χ3n) is 5.41. The summed E-state index contributed by atoms with van der Waals surface area (Å²) in [5, 5.41) is 20.0. The highest BCUT2D eigenvalue weighted by Crippen LogP contribution is 2.30. The van der Waals surface area contributed by atoms with Crippen molar-refractivity contribution in [3.8, 4) is 22.4 Å². The van der Waals surface area contributed by atoms with Gasteiger partial charge in [0.15, 0.2) is 0 Å². The number of nitrogen functional groups attached to an aromatic ring is 1. The van der Waals surface area contributed by atoms with Crippen LogP contribution in [0, 0.1) is 18.6 Å². The summed E-state index contributed by atoms with van der Waals surface area (Å²) in [6.07, 6.45) is 3.14. The topological polar surface area (TPSA) is 119 Å². The van der Waals surface area contributed by atoms with Crippen LogP contribution in [0.3, 0.4) is 0 Å². The van der Waals surface area contributed by atoms with E-state index in [-0.39, 0.29) is 11.4 Å². The smallest absolute Gasteiger partial charge is 0.254 e. The molecule has 0 aliphatic carbocycles. The number of amides is 1. The first kappa shape index (κ1) is 23.0. The van der Waals surface area contributed by atoms with Crippen LogP contribution >= 0.6 is 0 Å². The number of nitrogens with one attached hydrogen (secondary N) is 1. The number of rotatable bonds is 6. The minimum absolute atomic E-state index is 0.192. The van der Waals surface area contributed by atoms with Crippen LogP contribution in [-0.2, 0) is 7.05 Å². The van der Waals surface area contributed by atoms with Gasteiger partial charge in [0.05, 0.1) is 30.1 Å². The second-order valence-electron chi connectivity index (χ2n) is 7.86. The molecule has 174 valence electrons. The maximum atomic E-state index is 15.0. The molecule has 1 atom stereocenters. The number of carbonyl (C=O) groups excluding carboxylic acids is 1. The fourth-order valence-corrected chi connectivity index (χ4v) is 3.70. The molecule has 0 bridgehead atoms. The molecule has 0 aliphatic heterocycles. The van der Waals surface area contributed by atoms with E-state index in [4.69, 9.17) is 5.73 Å². The molecule has 0 fully saturated rings. The molecule has 4 rings (SSSR count). The van der Waals surface area contributed by atoms with Gasteiger partial charge < -0.3 is 16.2 Å². The van der Waals surface area contributed by atoms with E-state index < -0.39 is 30.2 Å². The molecular formula is C24H22F2N6O2. The lowest BCUT2D eigenvalue weighted by Gasteiger charge is -2.18. The number of pyridine rings is 1. The second kappa shape index (κ2) is 9.36. The van der Waals surface area contributed by atoms with Crippen LogP contribution in [0.2, 0.25) is 0 Å². The average molecular weight is 464 g/mol. The Hall–Kier alpha value is -4.18. The van der Waals surface area contributed by atoms with Crippen molar-refractivity contribution >= 4 is 11.7 Å². The van der Waals surface area contributed by atoms with E-state index in [1.54, 1.807) is 49.2 Å². The predicted molar refractivity (Wildman–Crippen MR) is 122 cm³/mol. The van der Waals surface area contributed by atoms with Gasteiger partial charge in [-0.3, -0.25) is 4.79 Å². The van der Waals surface area contributed by atoms with Gasteiger partial charge in [0, 0.05) is 24.4 Å². The maximum absolute atomic E-state index is 15.0. The van der Waals surface area contributed by atoms with Crippen LogP contribution in [0.5, 0.6) is 0 Å². The fourth-order valence-electron chi connectivity index (χ4n) is 3.70. The van der Waals surface area contributed by atoms with Crippen molar-refractivity contribution in [2.24, 2.45) is 7.05 Å². The molecule has 0 aliphatic rings. The fraction of sp³-hybridized carbons (Fsp3) is 0.167. The largest absolute Gasteiger partial charge is 0.394 e. The molecule has 8 nitrogen and oxygen atoms in total. The highest BCUT2D eigenvalue weighted by atomic mass is 19.1. The molecule has 4 aromatic rings. The van der Waals surface area contributed by atoms with Gasteiger partial charge in [0.25, 0.3) is 5.91 Å². The van der Waals surface area contributed by atoms with Gasteiger partial charge in [-0.1, -0.05) is 17.3 Å². The summed E-state index contributed by atoms with van der Waals surface area (Å²) >= 11 is 0. The minimum atomic E-state index is -0.898. The number of nitrogens with zero attached hydrogens (tertiary/aromatic N) is 4. The summed E-state index contributed by atoms with van der Waals surface area (Å²) in [5.41, 5.74) is 9.11. The van der Waals surface area contributed by atoms with Crippen LogP contribution in [0.1, 0.15) is 27.5 Å². The first-order chi connectivity index (χ1) is 16.3. The third-order valence-corrected chi connectivity index (χ3v) is 5.41. The van der Waals surface area contributed by atoms with E-state index in [1.807, 2.05) is 0 Å². The van der Waals surface area contributed by atoms with Crippen molar-refractivity contribution in [1.29, 1.82) is 0 Å². The molecule has 1 amide bonds. The van der Waals surface area contributed by atoms with Crippen molar-refractivity contribution in [3.05, 3.63) is 83.2 Å². The zero-order chi connectivity index (χ0) is 24.4. The van der Waals surface area contributed by atoms with Crippen LogP contribution in [0.25, 0.3) is 22.4 Å². The van der Waals surface area contributed by atoms with Gasteiger partial charge in [-0.25, -0.2) is 18.4 Å². The Morgan fingerprint density at radius 2 is 1.94 bits per heavy atom. The van der Waals surface area contributed by atoms with E-state index in [0.29, 0.717) is 33.5 Å². The third kappa shape index (κ3) is 4.62. The SMILES string of the molecule is Cc1cc(F)cc([C@@H](CO)NC(=O)c2ccc(-c3cc(-c4cnnn4C)cnc3N)cc2F)c1. The Morgan fingerprint density at radius 3 is 2.59 bits per heavy atom. The first-order valence-electron chi connectivity index (χ1n) is 10.4. The Balaban J connectivity index is 1.61. The van der Waals surface area contributed by atoms with Crippen molar-refractivity contribution in [1.82, 2.24) is 25.3 Å². The number of aryl methyl sites for hydroxylation is 2. The number of carbonyl (C=O) groups is 1. The average Bonchev–Trinajstić information content (AvgIpc) is 3.22. The Labute approximate surface area is 194 Å². The number of anilines is 1. The quantitative estimate of drug-likeness (QED) is 0.403. The summed E-state index contributed by atoms with van der Waals surface area (Å²) in [5.74, 6) is -1.83. The number of aromatic nitrogens is 4. The summed E-state index contributed by atoms with van der Waals surface area (Å²) < 4.78 is 30.3. The van der Waals surface area contributed by atoms with Crippen LogP contribution < -0.4 is 11.1 Å². The van der Waals surface area contributed by atoms with Gasteiger partial charge >= 0.3 is 0 Å². The molecule has 2 aromatic heterocycles. The lowest BCUT2D eigenvalue weighted by atomic mass is 10.0. The van der Waals surface area contributed by atoms with Gasteiger partial charge in [0.1, 0.15) is 17.5 Å². The van der Waals surface area contributed by atoms with Crippen molar-refractivity contribution in [3.63, 3.8) is 0 Å². The number of nitrogens with two attached hydrogens (primary N) is 1. The highest BCUT2D eigenvalue weighted by molar-refractivity contribution is 5.95. The van der Waals surface area contributed by atoms with Gasteiger partial charge in [-0.15, -0.1) is 5.10 Å². The van der Waals surface area contributed by atoms with Crippen LogP contribution in [-0.4, -0.2) is 37.6 Å². The first-order valence-corrected chi connectivity index (χ1v) is 10.4. The molecule has 4 N–H and O–H groups in total. The molecule has 0 radical (unpaired) electrons. The second-order valence-corrected chi connectivity index (χ2v) is 7.86. The molecule has 0 unspecified atom stereocenters. The Kier molecular flexibility index (Phi) is 6.33. The van der Waals surface area contributed by atoms with Crippen LogP contribution in [0.15, 0.2) is 54.9 Å². The zero-order valence-corrected chi connectivity index (χ0v) is 18.5. The molecule has 10 heteroatoms. The van der Waals surface area contributed by atoms with Gasteiger partial charge in [-0.2, -0.15) is 0 Å². The summed E-state index contributed by atoms with van der Waals surface area (Å²) in [6, 6.07) is 9.10. The van der Waals surface area contributed by atoms with E-state index in [0.717, 1.165) is 0 Å². The molecule has 0 spiro atoms. The van der Waals surface area contributed by atoms with E-state index in [9.17, 15) is 18.7 Å². The number of halogens is 2. The zero-order valence-electron chi connectivity index (χ0n) is 18.5. The minimum Gasteiger partial charge on any atom is -0.394 e. The normalized spacial score (nSPS) is 11.9. The summed E-state index contributed by atoms with van der Waals surface area (Å²) in [6.45, 7) is 1.22. The number of benzene rings is 2. The lowest BCUT2D eigenvalue weighted by Crippen LogP contribution is -2.31. The lowest BCUT2D eigenvalue weighted by molar-refractivity contribution is 0.0912. The van der Waals surface area contributed by atoms with Gasteiger partial charge in [-0.05, 0) is 53.9 Å². The standard InChI is InChI=1S/C24H22F2N6O2/c1-13-5-15(7-17(25)6-13)21(12-33)30-24(34)18-4-3-14(9-20(18)26)19-8-16(10-28-23(19)27)22-11-29-31-32(22)2/h3-11,21,33H,12H2,1-2H3,(H2,27,28)(H,30,34)/t21-/m1/s1. The van der Waals surface area contributed by atoms with Crippen molar-refractivity contribution in [2.45, 2.75) is 13.0 Å². The molecule has 0 saturated heterocycles. The molecule has 34 heavy (non-hydrogen) atoms. The van der Waals surface area contributed by atoms with E-state index in [1.165, 1.54) is 24.3 Å². The molecule has 2 aromatic carbocycles. The Bertz CT molecular complexity index is 1350. The summed E-state index contributed by atoms with van der Waals surface area (Å²) in [4.78, 5) is 16.9. The molecule has 2 heterocycles. The number of hydrogen-bond donors (Lipinski definition) is 3. The van der Waals surface area contributed by atoms with Crippen molar-refractivity contribution in [2.75, 3.05) is 12.3 Å². The molecular weight excluding hydrogens is 442 g/mol. The number of hydrogen-bond acceptors (Lipinski definition) is 6. The van der Waals surface area contributed by atoms with Gasteiger partial charge in [0.2, 0.25) is 0 Å². The van der Waals surface area contributed by atoms with E-state index in [2.05, 4.69) is 20.6 Å². The highest BCUT2D eigenvalue weighted by Gasteiger charge is 2.20. The molecule has 0 saturated carbocycles. The number of aliphatic hydroxyl groups is 1.